The third-order valence-corrected chi connectivity index (χ3v) is 2.94. The van der Waals surface area contributed by atoms with E-state index in [1.807, 2.05) is 0 Å². The van der Waals surface area contributed by atoms with Crippen molar-refractivity contribution in [1.82, 2.24) is 0 Å². The van der Waals surface area contributed by atoms with Gasteiger partial charge in [-0.3, -0.25) is 4.79 Å². The number of aryl methyl sites for hydroxylation is 1. The standard InChI is InChI=1S/C11H12BrFO2/c1-7-5-6-9(12)8(11(7)13)3-2-4-10(14)15/h5-6H,2-4H2,1H3,(H,14,15). The smallest absolute Gasteiger partial charge is 0.303 e. The third kappa shape index (κ3) is 3.30. The first-order chi connectivity index (χ1) is 7.02. The molecule has 0 aliphatic heterocycles. The lowest BCUT2D eigenvalue weighted by atomic mass is 10.0. The molecule has 0 unspecified atom stereocenters. The number of halogens is 2. The van der Waals surface area contributed by atoms with Crippen molar-refractivity contribution in [2.45, 2.75) is 26.2 Å². The molecule has 2 nitrogen and oxygen atoms in total. The molecule has 0 spiro atoms. The summed E-state index contributed by atoms with van der Waals surface area (Å²) in [4.78, 5) is 10.3. The van der Waals surface area contributed by atoms with Crippen LogP contribution in [0.25, 0.3) is 0 Å². The minimum absolute atomic E-state index is 0.0693. The van der Waals surface area contributed by atoms with Crippen molar-refractivity contribution in [3.63, 3.8) is 0 Å². The molecule has 4 heteroatoms. The Labute approximate surface area is 96.2 Å². The molecule has 0 aliphatic rings. The van der Waals surface area contributed by atoms with Gasteiger partial charge in [0, 0.05) is 16.5 Å². The quantitative estimate of drug-likeness (QED) is 0.915. The molecule has 0 aliphatic carbocycles. The van der Waals surface area contributed by atoms with Crippen molar-refractivity contribution in [2.75, 3.05) is 0 Å². The van der Waals surface area contributed by atoms with Crippen molar-refractivity contribution in [3.8, 4) is 0 Å². The predicted molar refractivity (Wildman–Crippen MR) is 59.4 cm³/mol. The summed E-state index contributed by atoms with van der Waals surface area (Å²) in [6, 6.07) is 3.48. The fourth-order valence-electron chi connectivity index (χ4n) is 1.36. The van der Waals surface area contributed by atoms with E-state index in [1.54, 1.807) is 19.1 Å². The van der Waals surface area contributed by atoms with Crippen LogP contribution in [0.3, 0.4) is 0 Å². The highest BCUT2D eigenvalue weighted by Crippen LogP contribution is 2.24. The zero-order chi connectivity index (χ0) is 11.4. The molecule has 0 heterocycles. The molecular formula is C11H12BrFO2. The number of rotatable bonds is 4. The van der Waals surface area contributed by atoms with Gasteiger partial charge in [0.25, 0.3) is 0 Å². The van der Waals surface area contributed by atoms with Gasteiger partial charge < -0.3 is 5.11 Å². The van der Waals surface area contributed by atoms with E-state index in [0.717, 1.165) is 0 Å². The minimum atomic E-state index is -0.848. The van der Waals surface area contributed by atoms with Crippen molar-refractivity contribution < 1.29 is 14.3 Å². The Kier molecular flexibility index (Phi) is 4.27. The zero-order valence-corrected chi connectivity index (χ0v) is 9.97. The van der Waals surface area contributed by atoms with E-state index < -0.39 is 5.97 Å². The molecule has 0 bridgehead atoms. The van der Waals surface area contributed by atoms with Crippen LogP contribution in [0.4, 0.5) is 4.39 Å². The van der Waals surface area contributed by atoms with Crippen LogP contribution in [0.2, 0.25) is 0 Å². The van der Waals surface area contributed by atoms with Crippen molar-refractivity contribution in [3.05, 3.63) is 33.5 Å². The highest BCUT2D eigenvalue weighted by atomic mass is 79.9. The van der Waals surface area contributed by atoms with E-state index in [9.17, 15) is 9.18 Å². The van der Waals surface area contributed by atoms with E-state index in [-0.39, 0.29) is 12.2 Å². The Hall–Kier alpha value is -0.900. The van der Waals surface area contributed by atoms with E-state index in [0.29, 0.717) is 28.4 Å². The molecule has 0 fully saturated rings. The average molecular weight is 275 g/mol. The van der Waals surface area contributed by atoms with E-state index in [4.69, 9.17) is 5.11 Å². The summed E-state index contributed by atoms with van der Waals surface area (Å²) >= 11 is 3.26. The second-order valence-electron chi connectivity index (χ2n) is 3.40. The summed E-state index contributed by atoms with van der Waals surface area (Å²) in [6.07, 6.45) is 0.967. The van der Waals surface area contributed by atoms with E-state index in [1.165, 1.54) is 0 Å². The Morgan fingerprint density at radius 2 is 2.20 bits per heavy atom. The van der Waals surface area contributed by atoms with Gasteiger partial charge in [-0.2, -0.15) is 0 Å². The molecule has 15 heavy (non-hydrogen) atoms. The molecule has 1 aromatic rings. The monoisotopic (exact) mass is 274 g/mol. The first-order valence-electron chi connectivity index (χ1n) is 4.67. The highest BCUT2D eigenvalue weighted by Gasteiger charge is 2.09. The van der Waals surface area contributed by atoms with E-state index >= 15 is 0 Å². The number of hydrogen-bond donors (Lipinski definition) is 1. The van der Waals surface area contributed by atoms with Gasteiger partial charge in [-0.15, -0.1) is 0 Å². The largest absolute Gasteiger partial charge is 0.481 e. The summed E-state index contributed by atoms with van der Waals surface area (Å²) in [5.74, 6) is -1.09. The fraction of sp³-hybridized carbons (Fsp3) is 0.364. The van der Waals surface area contributed by atoms with Crippen LogP contribution in [-0.4, -0.2) is 11.1 Å². The van der Waals surface area contributed by atoms with Crippen molar-refractivity contribution in [2.24, 2.45) is 0 Å². The van der Waals surface area contributed by atoms with Gasteiger partial charge in [0.2, 0.25) is 0 Å². The maximum Gasteiger partial charge on any atom is 0.303 e. The average Bonchev–Trinajstić information content (AvgIpc) is 2.17. The molecule has 0 saturated carbocycles. The number of carboxylic acid groups (broad SMARTS) is 1. The minimum Gasteiger partial charge on any atom is -0.481 e. The SMILES string of the molecule is Cc1ccc(Br)c(CCCC(=O)O)c1F. The molecule has 1 rings (SSSR count). The summed E-state index contributed by atoms with van der Waals surface area (Å²) < 4.78 is 14.3. The maximum atomic E-state index is 13.6. The Morgan fingerprint density at radius 3 is 2.80 bits per heavy atom. The lowest BCUT2D eigenvalue weighted by Gasteiger charge is -2.07. The molecular weight excluding hydrogens is 263 g/mol. The van der Waals surface area contributed by atoms with Crippen molar-refractivity contribution in [1.29, 1.82) is 0 Å². The lowest BCUT2D eigenvalue weighted by molar-refractivity contribution is -0.137. The number of carboxylic acids is 1. The number of hydrogen-bond acceptors (Lipinski definition) is 1. The molecule has 0 radical (unpaired) electrons. The third-order valence-electron chi connectivity index (χ3n) is 2.20. The Bertz CT molecular complexity index is 377. The summed E-state index contributed by atoms with van der Waals surface area (Å²) in [6.45, 7) is 1.70. The van der Waals surface area contributed by atoms with Crippen molar-refractivity contribution >= 4 is 21.9 Å². The van der Waals surface area contributed by atoms with Gasteiger partial charge in [0.15, 0.2) is 0 Å². The van der Waals surface area contributed by atoms with Gasteiger partial charge in [0.1, 0.15) is 5.82 Å². The highest BCUT2D eigenvalue weighted by molar-refractivity contribution is 9.10. The van der Waals surface area contributed by atoms with Crippen LogP contribution >= 0.6 is 15.9 Å². The van der Waals surface area contributed by atoms with E-state index in [2.05, 4.69) is 15.9 Å². The molecule has 82 valence electrons. The number of benzene rings is 1. The van der Waals surface area contributed by atoms with Crippen LogP contribution in [-0.2, 0) is 11.2 Å². The normalized spacial score (nSPS) is 10.3. The summed E-state index contributed by atoms with van der Waals surface area (Å²) in [7, 11) is 0. The number of carbonyl (C=O) groups is 1. The van der Waals surface area contributed by atoms with Gasteiger partial charge in [-0.25, -0.2) is 4.39 Å². The molecule has 0 saturated heterocycles. The summed E-state index contributed by atoms with van der Waals surface area (Å²) in [5, 5.41) is 8.48. The summed E-state index contributed by atoms with van der Waals surface area (Å²) in [5.41, 5.74) is 1.15. The Morgan fingerprint density at radius 1 is 1.53 bits per heavy atom. The Balaban J connectivity index is 2.75. The number of aliphatic carboxylic acids is 1. The maximum absolute atomic E-state index is 13.6. The first-order valence-corrected chi connectivity index (χ1v) is 5.47. The molecule has 0 atom stereocenters. The van der Waals surface area contributed by atoms with Crippen LogP contribution in [0.1, 0.15) is 24.0 Å². The molecule has 0 amide bonds. The molecule has 1 N–H and O–H groups in total. The van der Waals surface area contributed by atoms with Gasteiger partial charge in [0.05, 0.1) is 0 Å². The zero-order valence-electron chi connectivity index (χ0n) is 8.39. The fourth-order valence-corrected chi connectivity index (χ4v) is 1.86. The first kappa shape index (κ1) is 12.2. The molecule has 0 aromatic heterocycles. The van der Waals surface area contributed by atoms with Gasteiger partial charge in [-0.05, 0) is 31.4 Å². The lowest BCUT2D eigenvalue weighted by Crippen LogP contribution is -1.99. The van der Waals surface area contributed by atoms with Crippen LogP contribution < -0.4 is 0 Å². The second kappa shape index (κ2) is 5.26. The van der Waals surface area contributed by atoms with Crippen LogP contribution in [0.5, 0.6) is 0 Å². The van der Waals surface area contributed by atoms with Crippen LogP contribution in [0, 0.1) is 12.7 Å². The topological polar surface area (TPSA) is 37.3 Å². The molecule has 1 aromatic carbocycles. The van der Waals surface area contributed by atoms with Gasteiger partial charge in [-0.1, -0.05) is 22.0 Å². The van der Waals surface area contributed by atoms with Gasteiger partial charge >= 0.3 is 5.97 Å². The van der Waals surface area contributed by atoms with Crippen LogP contribution in [0.15, 0.2) is 16.6 Å². The predicted octanol–water partition coefficient (Wildman–Crippen LogP) is 3.30. The second-order valence-corrected chi connectivity index (χ2v) is 4.26.